The maximum atomic E-state index is 12.8. The fourth-order valence-electron chi connectivity index (χ4n) is 3.81. The number of benzene rings is 1. The molecule has 1 N–H and O–H groups in total. The first-order chi connectivity index (χ1) is 14.7. The van der Waals surface area contributed by atoms with Crippen molar-refractivity contribution in [2.24, 2.45) is 11.4 Å². The highest BCUT2D eigenvalue weighted by Gasteiger charge is 2.19. The second kappa shape index (κ2) is 9.64. The SMILES string of the molecule is Cc1nn(C)c(C)c1CCC(=O)Nc1cccc(S(=O)(=O)N=C2CCCCCN2C)c1. The minimum absolute atomic E-state index is 0.0781. The van der Waals surface area contributed by atoms with Crippen molar-refractivity contribution >= 4 is 27.5 Å². The van der Waals surface area contributed by atoms with Crippen LogP contribution in [-0.2, 0) is 28.3 Å². The highest BCUT2D eigenvalue weighted by atomic mass is 32.2. The van der Waals surface area contributed by atoms with Crippen LogP contribution in [0.3, 0.4) is 0 Å². The number of amides is 1. The Morgan fingerprint density at radius 1 is 1.19 bits per heavy atom. The normalized spacial score (nSPS) is 16.4. The summed E-state index contributed by atoms with van der Waals surface area (Å²) in [5.41, 5.74) is 3.47. The number of amidine groups is 1. The summed E-state index contributed by atoms with van der Waals surface area (Å²) in [7, 11) is -0.0872. The molecule has 9 heteroatoms. The number of hydrogen-bond acceptors (Lipinski definition) is 4. The molecule has 0 saturated carbocycles. The van der Waals surface area contributed by atoms with Crippen LogP contribution in [0.1, 0.15) is 49.1 Å². The van der Waals surface area contributed by atoms with Crippen LogP contribution >= 0.6 is 0 Å². The number of rotatable bonds is 6. The molecule has 2 aromatic rings. The fourth-order valence-corrected chi connectivity index (χ4v) is 4.95. The molecule has 2 heterocycles. The third kappa shape index (κ3) is 5.72. The van der Waals surface area contributed by atoms with Crippen molar-refractivity contribution in [2.75, 3.05) is 18.9 Å². The van der Waals surface area contributed by atoms with Crippen LogP contribution in [0.15, 0.2) is 33.6 Å². The summed E-state index contributed by atoms with van der Waals surface area (Å²) in [4.78, 5) is 14.4. The summed E-state index contributed by atoms with van der Waals surface area (Å²) in [6.45, 7) is 4.72. The molecule has 3 rings (SSSR count). The minimum atomic E-state index is -3.85. The van der Waals surface area contributed by atoms with Gasteiger partial charge in [0.15, 0.2) is 0 Å². The van der Waals surface area contributed by atoms with Gasteiger partial charge >= 0.3 is 0 Å². The maximum Gasteiger partial charge on any atom is 0.284 e. The van der Waals surface area contributed by atoms with Crippen LogP contribution in [0, 0.1) is 13.8 Å². The van der Waals surface area contributed by atoms with E-state index in [1.54, 1.807) is 12.1 Å². The molecule has 0 bridgehead atoms. The Labute approximate surface area is 184 Å². The zero-order chi connectivity index (χ0) is 22.6. The van der Waals surface area contributed by atoms with Crippen LogP contribution in [0.5, 0.6) is 0 Å². The molecule has 0 spiro atoms. The molecule has 1 aliphatic rings. The third-order valence-electron chi connectivity index (χ3n) is 5.74. The molecule has 1 fully saturated rings. The first kappa shape index (κ1) is 23.0. The van der Waals surface area contributed by atoms with E-state index < -0.39 is 10.0 Å². The van der Waals surface area contributed by atoms with Crippen LogP contribution in [0.25, 0.3) is 0 Å². The molecule has 31 heavy (non-hydrogen) atoms. The number of hydrogen-bond donors (Lipinski definition) is 1. The van der Waals surface area contributed by atoms with Gasteiger partial charge in [-0.1, -0.05) is 12.5 Å². The Hall–Kier alpha value is -2.68. The van der Waals surface area contributed by atoms with E-state index in [0.717, 1.165) is 42.8 Å². The van der Waals surface area contributed by atoms with Crippen molar-refractivity contribution < 1.29 is 13.2 Å². The van der Waals surface area contributed by atoms with Crippen LogP contribution < -0.4 is 5.32 Å². The standard InChI is InChI=1S/C22H31N5O3S/c1-16-20(17(2)27(4)24-16)12-13-22(28)23-18-9-8-10-19(15-18)31(29,30)25-21-11-6-5-7-14-26(21)3/h8-10,15H,5-7,11-14H2,1-4H3,(H,23,28). The number of anilines is 1. The molecule has 0 aliphatic carbocycles. The molecule has 8 nitrogen and oxygen atoms in total. The van der Waals surface area contributed by atoms with Crippen LogP contribution in [0.4, 0.5) is 5.69 Å². The zero-order valence-electron chi connectivity index (χ0n) is 18.7. The molecule has 0 unspecified atom stereocenters. The van der Waals surface area contributed by atoms with Gasteiger partial charge < -0.3 is 10.2 Å². The summed E-state index contributed by atoms with van der Waals surface area (Å²) in [5.74, 6) is 0.418. The van der Waals surface area contributed by atoms with Gasteiger partial charge in [0.25, 0.3) is 10.0 Å². The highest BCUT2D eigenvalue weighted by molar-refractivity contribution is 7.90. The molecule has 1 aliphatic heterocycles. The number of aryl methyl sites for hydroxylation is 2. The van der Waals surface area contributed by atoms with E-state index in [1.165, 1.54) is 12.1 Å². The molecule has 168 valence electrons. The summed E-state index contributed by atoms with van der Waals surface area (Å²) >= 11 is 0. The lowest BCUT2D eigenvalue weighted by molar-refractivity contribution is -0.116. The Balaban J connectivity index is 1.70. The van der Waals surface area contributed by atoms with Crippen LogP contribution in [0.2, 0.25) is 0 Å². The first-order valence-electron chi connectivity index (χ1n) is 10.6. The average molecular weight is 446 g/mol. The Morgan fingerprint density at radius 2 is 1.97 bits per heavy atom. The van der Waals surface area contributed by atoms with Gasteiger partial charge in [-0.15, -0.1) is 4.40 Å². The monoisotopic (exact) mass is 445 g/mol. The van der Waals surface area contributed by atoms with E-state index in [1.807, 2.05) is 37.5 Å². The summed E-state index contributed by atoms with van der Waals surface area (Å²) in [5, 5.41) is 7.18. The van der Waals surface area contributed by atoms with E-state index >= 15 is 0 Å². The van der Waals surface area contributed by atoms with Crippen molar-refractivity contribution in [3.63, 3.8) is 0 Å². The smallest absolute Gasteiger partial charge is 0.284 e. The second-order valence-corrected chi connectivity index (χ2v) is 9.67. The van der Waals surface area contributed by atoms with Gasteiger partial charge in [0, 0.05) is 44.9 Å². The fraction of sp³-hybridized carbons (Fsp3) is 0.500. The third-order valence-corrected chi connectivity index (χ3v) is 7.04. The number of aromatic nitrogens is 2. The number of carbonyl (C=O) groups excluding carboxylic acids is 1. The molecule has 1 aromatic carbocycles. The predicted octanol–water partition coefficient (Wildman–Crippen LogP) is 3.20. The minimum Gasteiger partial charge on any atom is -0.362 e. The van der Waals surface area contributed by atoms with E-state index in [9.17, 15) is 13.2 Å². The van der Waals surface area contributed by atoms with Crippen molar-refractivity contribution in [2.45, 2.75) is 57.3 Å². The number of likely N-dealkylation sites (tertiary alicyclic amines) is 1. The van der Waals surface area contributed by atoms with Gasteiger partial charge in [-0.25, -0.2) is 0 Å². The summed E-state index contributed by atoms with van der Waals surface area (Å²) in [6, 6.07) is 6.28. The molecule has 0 radical (unpaired) electrons. The Morgan fingerprint density at radius 3 is 2.68 bits per heavy atom. The lowest BCUT2D eigenvalue weighted by Gasteiger charge is -2.17. The van der Waals surface area contributed by atoms with Gasteiger partial charge in [-0.2, -0.15) is 13.5 Å². The zero-order valence-corrected chi connectivity index (χ0v) is 19.5. The summed E-state index contributed by atoms with van der Waals surface area (Å²) < 4.78 is 31.6. The molecule has 1 aromatic heterocycles. The Bertz CT molecular complexity index is 1090. The lowest BCUT2D eigenvalue weighted by Crippen LogP contribution is -2.26. The van der Waals surface area contributed by atoms with Gasteiger partial charge in [-0.3, -0.25) is 9.48 Å². The van der Waals surface area contributed by atoms with Gasteiger partial charge in [0.05, 0.1) is 10.6 Å². The van der Waals surface area contributed by atoms with Crippen molar-refractivity contribution in [3.8, 4) is 0 Å². The Kier molecular flexibility index (Phi) is 7.15. The summed E-state index contributed by atoms with van der Waals surface area (Å²) in [6.07, 6.45) is 4.56. The highest BCUT2D eigenvalue weighted by Crippen LogP contribution is 2.21. The molecular formula is C22H31N5O3S. The van der Waals surface area contributed by atoms with E-state index in [-0.39, 0.29) is 17.2 Å². The number of nitrogens with zero attached hydrogens (tertiary/aromatic N) is 4. The van der Waals surface area contributed by atoms with Crippen molar-refractivity contribution in [1.29, 1.82) is 0 Å². The average Bonchev–Trinajstić information content (AvgIpc) is 2.84. The van der Waals surface area contributed by atoms with Gasteiger partial charge in [-0.05, 0) is 56.9 Å². The van der Waals surface area contributed by atoms with Crippen LogP contribution in [-0.4, -0.2) is 48.4 Å². The van der Waals surface area contributed by atoms with E-state index in [2.05, 4.69) is 14.8 Å². The van der Waals surface area contributed by atoms with E-state index in [4.69, 9.17) is 0 Å². The number of nitrogens with one attached hydrogen (secondary N) is 1. The van der Waals surface area contributed by atoms with E-state index in [0.29, 0.717) is 24.4 Å². The molecule has 1 amide bonds. The molecule has 1 saturated heterocycles. The first-order valence-corrected chi connectivity index (χ1v) is 12.1. The van der Waals surface area contributed by atoms with Crippen molar-refractivity contribution in [1.82, 2.24) is 14.7 Å². The van der Waals surface area contributed by atoms with Gasteiger partial charge in [0.1, 0.15) is 5.84 Å². The molecule has 0 atom stereocenters. The number of sulfonamides is 1. The van der Waals surface area contributed by atoms with Crippen molar-refractivity contribution in [3.05, 3.63) is 41.2 Å². The predicted molar refractivity (Wildman–Crippen MR) is 122 cm³/mol. The maximum absolute atomic E-state index is 12.8. The second-order valence-electron chi connectivity index (χ2n) is 8.06. The topological polar surface area (TPSA) is 96.7 Å². The number of carbonyl (C=O) groups is 1. The lowest BCUT2D eigenvalue weighted by atomic mass is 10.1. The largest absolute Gasteiger partial charge is 0.362 e. The molecular weight excluding hydrogens is 414 g/mol. The van der Waals surface area contributed by atoms with Gasteiger partial charge in [0.2, 0.25) is 5.91 Å². The quantitative estimate of drug-likeness (QED) is 0.736.